The van der Waals surface area contributed by atoms with Gasteiger partial charge >= 0.3 is 0 Å². The van der Waals surface area contributed by atoms with Crippen molar-refractivity contribution in [2.75, 3.05) is 11.9 Å². The Labute approximate surface area is 127 Å². The summed E-state index contributed by atoms with van der Waals surface area (Å²) in [6, 6.07) is 4.85. The summed E-state index contributed by atoms with van der Waals surface area (Å²) in [5.41, 5.74) is 0.412. The van der Waals surface area contributed by atoms with Crippen LogP contribution in [0.3, 0.4) is 0 Å². The normalized spacial score (nSPS) is 10.4. The van der Waals surface area contributed by atoms with Crippen LogP contribution in [0.5, 0.6) is 5.75 Å². The van der Waals surface area contributed by atoms with E-state index in [9.17, 15) is 4.79 Å². The van der Waals surface area contributed by atoms with E-state index >= 15 is 0 Å². The van der Waals surface area contributed by atoms with Gasteiger partial charge in [-0.3, -0.25) is 10.1 Å². The van der Waals surface area contributed by atoms with Crippen molar-refractivity contribution in [1.82, 2.24) is 20.2 Å². The average Bonchev–Trinajstić information content (AvgIpc) is 2.89. The van der Waals surface area contributed by atoms with Gasteiger partial charge in [-0.1, -0.05) is 23.6 Å². The lowest BCUT2D eigenvalue weighted by atomic mass is 10.2. The molecule has 1 aromatic carbocycles. The van der Waals surface area contributed by atoms with Crippen LogP contribution in [0.2, 0.25) is 5.02 Å². The standard InChI is InChI=1S/C13H16ClN5O2/c1-3-7-19-13(16-17-18-19)15-12(20)9-5-6-11(21-4-2)10(14)8-9/h5-6,8H,3-4,7H2,1-2H3,(H,15,16,18,20). The molecule has 1 heterocycles. The monoisotopic (exact) mass is 309 g/mol. The second kappa shape index (κ2) is 7.03. The molecule has 112 valence electrons. The molecule has 1 amide bonds. The van der Waals surface area contributed by atoms with Crippen LogP contribution < -0.4 is 10.1 Å². The fourth-order valence-corrected chi connectivity index (χ4v) is 1.98. The van der Waals surface area contributed by atoms with Crippen molar-refractivity contribution >= 4 is 23.5 Å². The molecule has 0 aliphatic heterocycles. The van der Waals surface area contributed by atoms with Crippen LogP contribution in [0, 0.1) is 0 Å². The predicted molar refractivity (Wildman–Crippen MR) is 78.7 cm³/mol. The number of hydrogen-bond donors (Lipinski definition) is 1. The highest BCUT2D eigenvalue weighted by Gasteiger charge is 2.13. The Morgan fingerprint density at radius 2 is 2.24 bits per heavy atom. The number of amides is 1. The van der Waals surface area contributed by atoms with Gasteiger partial charge in [-0.15, -0.1) is 0 Å². The van der Waals surface area contributed by atoms with Crippen molar-refractivity contribution in [3.63, 3.8) is 0 Å². The second-order valence-electron chi connectivity index (χ2n) is 4.26. The summed E-state index contributed by atoms with van der Waals surface area (Å²) in [7, 11) is 0. The molecule has 21 heavy (non-hydrogen) atoms. The van der Waals surface area contributed by atoms with E-state index in [1.54, 1.807) is 18.2 Å². The van der Waals surface area contributed by atoms with Gasteiger partial charge < -0.3 is 4.74 Å². The van der Waals surface area contributed by atoms with Crippen molar-refractivity contribution in [2.24, 2.45) is 0 Å². The van der Waals surface area contributed by atoms with Crippen molar-refractivity contribution < 1.29 is 9.53 Å². The molecule has 0 fully saturated rings. The van der Waals surface area contributed by atoms with Gasteiger partial charge in [0.15, 0.2) is 0 Å². The third-order valence-corrected chi connectivity index (χ3v) is 2.98. The Balaban J connectivity index is 2.13. The third kappa shape index (κ3) is 3.69. The fraction of sp³-hybridized carbons (Fsp3) is 0.385. The molecule has 0 radical (unpaired) electrons. The van der Waals surface area contributed by atoms with E-state index < -0.39 is 0 Å². The fourth-order valence-electron chi connectivity index (χ4n) is 1.74. The number of carbonyl (C=O) groups is 1. The summed E-state index contributed by atoms with van der Waals surface area (Å²) in [6.07, 6.45) is 0.864. The summed E-state index contributed by atoms with van der Waals surface area (Å²) in [5, 5.41) is 14.2. The third-order valence-electron chi connectivity index (χ3n) is 2.69. The van der Waals surface area contributed by atoms with E-state index in [-0.39, 0.29) is 5.91 Å². The first-order valence-electron chi connectivity index (χ1n) is 6.65. The first kappa shape index (κ1) is 15.2. The molecule has 0 spiro atoms. The van der Waals surface area contributed by atoms with Gasteiger partial charge in [0.25, 0.3) is 5.91 Å². The minimum absolute atomic E-state index is 0.312. The van der Waals surface area contributed by atoms with Crippen LogP contribution >= 0.6 is 11.6 Å². The minimum atomic E-state index is -0.327. The van der Waals surface area contributed by atoms with Gasteiger partial charge in [-0.2, -0.15) is 0 Å². The number of rotatable bonds is 6. The van der Waals surface area contributed by atoms with Crippen LogP contribution in [0.15, 0.2) is 18.2 Å². The number of halogens is 1. The van der Waals surface area contributed by atoms with Crippen LogP contribution in [0.25, 0.3) is 0 Å². The highest BCUT2D eigenvalue weighted by Crippen LogP contribution is 2.25. The maximum atomic E-state index is 12.2. The van der Waals surface area contributed by atoms with Gasteiger partial charge in [0.1, 0.15) is 5.75 Å². The SMILES string of the molecule is CCCn1nnnc1NC(=O)c1ccc(OCC)c(Cl)c1. The lowest BCUT2D eigenvalue weighted by Gasteiger charge is -2.08. The summed E-state index contributed by atoms with van der Waals surface area (Å²) in [5.74, 6) is 0.533. The number of tetrazole rings is 1. The molecule has 0 saturated carbocycles. The topological polar surface area (TPSA) is 81.9 Å². The molecular weight excluding hydrogens is 294 g/mol. The predicted octanol–water partition coefficient (Wildman–Crippen LogP) is 2.39. The zero-order valence-corrected chi connectivity index (χ0v) is 12.6. The van der Waals surface area contributed by atoms with Crippen LogP contribution in [0.4, 0.5) is 5.95 Å². The van der Waals surface area contributed by atoms with E-state index in [1.807, 2.05) is 13.8 Å². The largest absolute Gasteiger partial charge is 0.492 e. The number of benzene rings is 1. The van der Waals surface area contributed by atoms with E-state index in [0.29, 0.717) is 35.4 Å². The minimum Gasteiger partial charge on any atom is -0.492 e. The molecular formula is C13H16ClN5O2. The number of aryl methyl sites for hydroxylation is 1. The van der Waals surface area contributed by atoms with Gasteiger partial charge in [0, 0.05) is 12.1 Å². The first-order valence-corrected chi connectivity index (χ1v) is 7.03. The zero-order chi connectivity index (χ0) is 15.2. The Morgan fingerprint density at radius 1 is 1.43 bits per heavy atom. The van der Waals surface area contributed by atoms with Crippen molar-refractivity contribution in [3.8, 4) is 5.75 Å². The molecule has 7 nitrogen and oxygen atoms in total. The van der Waals surface area contributed by atoms with E-state index in [0.717, 1.165) is 6.42 Å². The van der Waals surface area contributed by atoms with E-state index in [4.69, 9.17) is 16.3 Å². The molecule has 0 bridgehead atoms. The maximum absolute atomic E-state index is 12.2. The number of nitrogens with zero attached hydrogens (tertiary/aromatic N) is 4. The maximum Gasteiger partial charge on any atom is 0.258 e. The molecule has 0 saturated heterocycles. The molecule has 0 aliphatic carbocycles. The molecule has 1 aromatic heterocycles. The Bertz CT molecular complexity index is 629. The second-order valence-corrected chi connectivity index (χ2v) is 4.67. The number of aromatic nitrogens is 4. The molecule has 0 unspecified atom stereocenters. The molecule has 2 rings (SSSR count). The molecule has 0 atom stereocenters. The van der Waals surface area contributed by atoms with Crippen molar-refractivity contribution in [1.29, 1.82) is 0 Å². The Morgan fingerprint density at radius 3 is 2.90 bits per heavy atom. The number of carbonyl (C=O) groups excluding carboxylic acids is 1. The summed E-state index contributed by atoms with van der Waals surface area (Å²) >= 11 is 6.06. The van der Waals surface area contributed by atoms with Gasteiger partial charge in [0.2, 0.25) is 5.95 Å². The van der Waals surface area contributed by atoms with Crippen LogP contribution in [-0.4, -0.2) is 32.7 Å². The van der Waals surface area contributed by atoms with E-state index in [2.05, 4.69) is 20.8 Å². The Kier molecular flexibility index (Phi) is 5.10. The molecule has 8 heteroatoms. The van der Waals surface area contributed by atoms with Gasteiger partial charge in [-0.25, -0.2) is 4.68 Å². The number of nitrogens with one attached hydrogen (secondary N) is 1. The number of anilines is 1. The number of hydrogen-bond acceptors (Lipinski definition) is 5. The highest BCUT2D eigenvalue weighted by molar-refractivity contribution is 6.32. The van der Waals surface area contributed by atoms with Crippen LogP contribution in [0.1, 0.15) is 30.6 Å². The Hall–Kier alpha value is -2.15. The molecule has 0 aliphatic rings. The highest BCUT2D eigenvalue weighted by atomic mass is 35.5. The summed E-state index contributed by atoms with van der Waals surface area (Å²) in [4.78, 5) is 12.2. The zero-order valence-electron chi connectivity index (χ0n) is 11.8. The summed E-state index contributed by atoms with van der Waals surface area (Å²) < 4.78 is 6.86. The lowest BCUT2D eigenvalue weighted by Crippen LogP contribution is -2.16. The average molecular weight is 310 g/mol. The van der Waals surface area contributed by atoms with Crippen LogP contribution in [-0.2, 0) is 6.54 Å². The quantitative estimate of drug-likeness (QED) is 0.886. The lowest BCUT2D eigenvalue weighted by molar-refractivity contribution is 0.102. The summed E-state index contributed by atoms with van der Waals surface area (Å²) in [6.45, 7) is 5.01. The van der Waals surface area contributed by atoms with Crippen molar-refractivity contribution in [2.45, 2.75) is 26.8 Å². The van der Waals surface area contributed by atoms with Gasteiger partial charge in [0.05, 0.1) is 11.6 Å². The number of ether oxygens (including phenoxy) is 1. The smallest absolute Gasteiger partial charge is 0.258 e. The van der Waals surface area contributed by atoms with Gasteiger partial charge in [-0.05, 0) is 42.0 Å². The first-order chi connectivity index (χ1) is 10.2. The van der Waals surface area contributed by atoms with E-state index in [1.165, 1.54) is 4.68 Å². The molecule has 1 N–H and O–H groups in total. The van der Waals surface area contributed by atoms with Crippen molar-refractivity contribution in [3.05, 3.63) is 28.8 Å². The molecule has 2 aromatic rings.